The number of hydrogen-bond acceptors (Lipinski definition) is 2. The lowest BCUT2D eigenvalue weighted by Crippen LogP contribution is -2.35. The van der Waals surface area contributed by atoms with E-state index < -0.39 is 0 Å². The normalized spacial score (nSPS) is 15.1. The van der Waals surface area contributed by atoms with Crippen molar-refractivity contribution < 1.29 is 0 Å². The molecule has 2 aromatic rings. The van der Waals surface area contributed by atoms with E-state index in [0.29, 0.717) is 0 Å². The second kappa shape index (κ2) is 4.86. The maximum Gasteiger partial charge on any atom is 0.0497 e. The number of benzene rings is 2. The Kier molecular flexibility index (Phi) is 3.46. The molecule has 0 aliphatic heterocycles. The summed E-state index contributed by atoms with van der Waals surface area (Å²) in [6.07, 6.45) is 0. The molecule has 2 N–H and O–H groups in total. The largest absolute Gasteiger partial charge is 0.326 e. The zero-order chi connectivity index (χ0) is 12.4. The number of likely N-dealkylation sites (N-methyl/N-ethyl adjacent to an activating group) is 1. The number of hydrogen-bond donors (Lipinski definition) is 1. The minimum absolute atomic E-state index is 0.107. The van der Waals surface area contributed by atoms with E-state index in [2.05, 4.69) is 68.4 Å². The van der Waals surface area contributed by atoms with Gasteiger partial charge in [0.15, 0.2) is 0 Å². The Balaban J connectivity index is 2.61. The molecule has 0 spiro atoms. The molecule has 2 atom stereocenters. The lowest BCUT2D eigenvalue weighted by atomic mass is 9.94. The minimum atomic E-state index is 0.107. The Morgan fingerprint density at radius 2 is 1.65 bits per heavy atom. The molecule has 2 rings (SSSR count). The summed E-state index contributed by atoms with van der Waals surface area (Å²) >= 11 is 0. The molecule has 0 saturated carbocycles. The highest BCUT2D eigenvalue weighted by atomic mass is 15.1. The molecule has 0 radical (unpaired) electrons. The molecule has 2 nitrogen and oxygen atoms in total. The zero-order valence-corrected chi connectivity index (χ0v) is 10.7. The van der Waals surface area contributed by atoms with Gasteiger partial charge >= 0.3 is 0 Å². The second-order valence-electron chi connectivity index (χ2n) is 4.84. The maximum absolute atomic E-state index is 6.12. The van der Waals surface area contributed by atoms with Crippen molar-refractivity contribution in [3.8, 4) is 0 Å². The highest BCUT2D eigenvalue weighted by Gasteiger charge is 2.20. The molecule has 0 aliphatic rings. The van der Waals surface area contributed by atoms with Gasteiger partial charge in [0, 0.05) is 12.1 Å². The first-order chi connectivity index (χ1) is 8.11. The van der Waals surface area contributed by atoms with Gasteiger partial charge in [-0.1, -0.05) is 42.5 Å². The lowest BCUT2D eigenvalue weighted by Gasteiger charge is -2.29. The van der Waals surface area contributed by atoms with Crippen LogP contribution < -0.4 is 5.73 Å². The molecule has 2 unspecified atom stereocenters. The third kappa shape index (κ3) is 2.33. The summed E-state index contributed by atoms with van der Waals surface area (Å²) in [6.45, 7) is 2.06. The molecule has 17 heavy (non-hydrogen) atoms. The minimum Gasteiger partial charge on any atom is -0.326 e. The molecule has 0 saturated heterocycles. The molecule has 0 amide bonds. The second-order valence-corrected chi connectivity index (χ2v) is 4.84. The van der Waals surface area contributed by atoms with Crippen molar-refractivity contribution in [3.05, 3.63) is 48.0 Å². The van der Waals surface area contributed by atoms with Gasteiger partial charge in [-0.05, 0) is 37.4 Å². The van der Waals surface area contributed by atoms with Crippen LogP contribution in [0.15, 0.2) is 42.5 Å². The van der Waals surface area contributed by atoms with Crippen LogP contribution in [0.2, 0.25) is 0 Å². The Morgan fingerprint density at radius 1 is 1.00 bits per heavy atom. The van der Waals surface area contributed by atoms with Gasteiger partial charge in [-0.25, -0.2) is 0 Å². The van der Waals surface area contributed by atoms with E-state index in [9.17, 15) is 0 Å². The molecule has 0 fully saturated rings. The predicted molar refractivity (Wildman–Crippen MR) is 74.0 cm³/mol. The van der Waals surface area contributed by atoms with Gasteiger partial charge in [0.05, 0.1) is 0 Å². The molecule has 0 heterocycles. The lowest BCUT2D eigenvalue weighted by molar-refractivity contribution is 0.268. The van der Waals surface area contributed by atoms with Crippen molar-refractivity contribution in [2.45, 2.75) is 19.0 Å². The van der Waals surface area contributed by atoms with Gasteiger partial charge in [0.2, 0.25) is 0 Å². The van der Waals surface area contributed by atoms with Gasteiger partial charge < -0.3 is 10.6 Å². The molecular formula is C15H20N2. The molecule has 0 aliphatic carbocycles. The standard InChI is InChI=1S/C15H20N2/c1-11(16)15(17(2)3)14-10-6-8-12-7-4-5-9-13(12)14/h4-11,15H,16H2,1-3H3. The Hall–Kier alpha value is -1.38. The van der Waals surface area contributed by atoms with E-state index in [-0.39, 0.29) is 12.1 Å². The third-order valence-electron chi connectivity index (χ3n) is 3.20. The fraction of sp³-hybridized carbons (Fsp3) is 0.333. The molecule has 90 valence electrons. The Labute approximate surface area is 103 Å². The van der Waals surface area contributed by atoms with Crippen LogP contribution in [0.4, 0.5) is 0 Å². The fourth-order valence-electron chi connectivity index (χ4n) is 2.54. The summed E-state index contributed by atoms with van der Waals surface area (Å²) in [7, 11) is 4.16. The number of rotatable bonds is 3. The summed E-state index contributed by atoms with van der Waals surface area (Å²) in [5.74, 6) is 0. The van der Waals surface area contributed by atoms with Gasteiger partial charge in [-0.15, -0.1) is 0 Å². The van der Waals surface area contributed by atoms with Crippen molar-refractivity contribution in [3.63, 3.8) is 0 Å². The summed E-state index contributed by atoms with van der Waals surface area (Å²) in [6, 6.07) is 15.3. The van der Waals surface area contributed by atoms with E-state index in [1.165, 1.54) is 16.3 Å². The van der Waals surface area contributed by atoms with Crippen LogP contribution in [0.25, 0.3) is 10.8 Å². The number of nitrogens with zero attached hydrogens (tertiary/aromatic N) is 1. The molecule has 0 aromatic heterocycles. The highest BCUT2D eigenvalue weighted by molar-refractivity contribution is 5.86. The Bertz CT molecular complexity index is 490. The number of fused-ring (bicyclic) bond motifs is 1. The molecular weight excluding hydrogens is 208 g/mol. The van der Waals surface area contributed by atoms with Crippen LogP contribution in [0, 0.1) is 0 Å². The first kappa shape index (κ1) is 12.1. The molecule has 2 heteroatoms. The van der Waals surface area contributed by atoms with Crippen LogP contribution in [0.5, 0.6) is 0 Å². The average Bonchev–Trinajstić information content (AvgIpc) is 2.28. The van der Waals surface area contributed by atoms with Crippen LogP contribution in [-0.4, -0.2) is 25.0 Å². The van der Waals surface area contributed by atoms with Crippen molar-refractivity contribution >= 4 is 10.8 Å². The molecule has 2 aromatic carbocycles. The van der Waals surface area contributed by atoms with Crippen LogP contribution in [0.3, 0.4) is 0 Å². The summed E-state index contributed by atoms with van der Waals surface area (Å²) in [5, 5.41) is 2.57. The maximum atomic E-state index is 6.12. The molecule has 0 bridgehead atoms. The SMILES string of the molecule is CC(N)C(c1cccc2ccccc12)N(C)C. The van der Waals surface area contributed by atoms with E-state index in [1.807, 2.05) is 0 Å². The van der Waals surface area contributed by atoms with Crippen molar-refractivity contribution in [2.75, 3.05) is 14.1 Å². The van der Waals surface area contributed by atoms with Gasteiger partial charge in [-0.3, -0.25) is 0 Å². The van der Waals surface area contributed by atoms with E-state index in [0.717, 1.165) is 0 Å². The Morgan fingerprint density at radius 3 is 2.29 bits per heavy atom. The van der Waals surface area contributed by atoms with Gasteiger partial charge in [0.25, 0.3) is 0 Å². The van der Waals surface area contributed by atoms with Gasteiger partial charge in [0.1, 0.15) is 0 Å². The summed E-state index contributed by atoms with van der Waals surface area (Å²) in [5.41, 5.74) is 7.43. The van der Waals surface area contributed by atoms with Crippen molar-refractivity contribution in [2.24, 2.45) is 5.73 Å². The van der Waals surface area contributed by atoms with Crippen molar-refractivity contribution in [1.82, 2.24) is 4.90 Å². The predicted octanol–water partition coefficient (Wildman–Crippen LogP) is 2.79. The highest BCUT2D eigenvalue weighted by Crippen LogP contribution is 2.28. The first-order valence-corrected chi connectivity index (χ1v) is 6.01. The third-order valence-corrected chi connectivity index (χ3v) is 3.20. The van der Waals surface area contributed by atoms with Gasteiger partial charge in [-0.2, -0.15) is 0 Å². The van der Waals surface area contributed by atoms with Crippen LogP contribution >= 0.6 is 0 Å². The number of nitrogens with two attached hydrogens (primary N) is 1. The summed E-state index contributed by atoms with van der Waals surface area (Å²) in [4.78, 5) is 2.19. The quantitative estimate of drug-likeness (QED) is 0.875. The first-order valence-electron chi connectivity index (χ1n) is 6.01. The topological polar surface area (TPSA) is 29.3 Å². The summed E-state index contributed by atoms with van der Waals surface area (Å²) < 4.78 is 0. The van der Waals surface area contributed by atoms with E-state index in [1.54, 1.807) is 0 Å². The van der Waals surface area contributed by atoms with E-state index in [4.69, 9.17) is 5.73 Å². The fourth-order valence-corrected chi connectivity index (χ4v) is 2.54. The van der Waals surface area contributed by atoms with E-state index >= 15 is 0 Å². The van der Waals surface area contributed by atoms with Crippen LogP contribution in [0.1, 0.15) is 18.5 Å². The van der Waals surface area contributed by atoms with Crippen molar-refractivity contribution in [1.29, 1.82) is 0 Å². The van der Waals surface area contributed by atoms with Crippen LogP contribution in [-0.2, 0) is 0 Å². The zero-order valence-electron chi connectivity index (χ0n) is 10.7. The smallest absolute Gasteiger partial charge is 0.0497 e. The monoisotopic (exact) mass is 228 g/mol. The average molecular weight is 228 g/mol.